The Labute approximate surface area is 223 Å². The van der Waals surface area contributed by atoms with Gasteiger partial charge in [-0.25, -0.2) is 4.98 Å². The number of anilines is 2. The van der Waals surface area contributed by atoms with E-state index in [2.05, 4.69) is 27.1 Å². The second kappa shape index (κ2) is 13.1. The average Bonchev–Trinajstić information content (AvgIpc) is 2.92. The molecule has 37 heavy (non-hydrogen) atoms. The van der Waals surface area contributed by atoms with Crippen molar-refractivity contribution in [3.05, 3.63) is 106 Å². The number of halogens is 1. The molecule has 0 bridgehead atoms. The van der Waals surface area contributed by atoms with Gasteiger partial charge in [0.05, 0.1) is 11.3 Å². The molecule has 5 nitrogen and oxygen atoms in total. The highest BCUT2D eigenvalue weighted by Crippen LogP contribution is 2.25. The SMILES string of the molecule is CC.CC=N/C(=C\C)c1cccc(NC(=O)c2ccc(C#Cc3c(N)ncc4ccc(Cl)cc34)cc2)c1. The normalized spacial score (nSPS) is 10.9. The molecule has 0 fully saturated rings. The Morgan fingerprint density at radius 1 is 1.00 bits per heavy atom. The van der Waals surface area contributed by atoms with E-state index in [0.29, 0.717) is 27.7 Å². The summed E-state index contributed by atoms with van der Waals surface area (Å²) < 4.78 is 0. The van der Waals surface area contributed by atoms with Gasteiger partial charge in [-0.2, -0.15) is 0 Å². The first-order valence-electron chi connectivity index (χ1n) is 12.0. The minimum atomic E-state index is -0.209. The third kappa shape index (κ3) is 6.84. The van der Waals surface area contributed by atoms with Crippen molar-refractivity contribution in [2.24, 2.45) is 4.99 Å². The van der Waals surface area contributed by atoms with E-state index >= 15 is 0 Å². The molecule has 186 valence electrons. The number of benzene rings is 3. The summed E-state index contributed by atoms with van der Waals surface area (Å²) in [7, 11) is 0. The maximum atomic E-state index is 12.8. The third-order valence-corrected chi connectivity index (χ3v) is 5.56. The summed E-state index contributed by atoms with van der Waals surface area (Å²) in [6.45, 7) is 7.80. The number of hydrogen-bond acceptors (Lipinski definition) is 4. The summed E-state index contributed by atoms with van der Waals surface area (Å²) in [6, 6.07) is 20.2. The number of nitrogen functional groups attached to an aromatic ring is 1. The lowest BCUT2D eigenvalue weighted by Crippen LogP contribution is -2.11. The van der Waals surface area contributed by atoms with E-state index in [1.54, 1.807) is 42.7 Å². The van der Waals surface area contributed by atoms with Crippen LogP contribution < -0.4 is 11.1 Å². The standard InChI is InChI=1S/C29H23ClN4O.C2H6/c1-3-27(32-4-2)21-6-5-7-24(16-21)34-29(35)20-11-8-19(9-12-20)10-15-25-26-17-23(30)14-13-22(26)18-33-28(25)31;1-2/h3-9,11-14,16-18H,1-2H3,(H2,31,33)(H,34,35);1-2H3/b27-3-,32-4?;. The Bertz CT molecular complexity index is 1520. The maximum Gasteiger partial charge on any atom is 0.255 e. The van der Waals surface area contributed by atoms with Gasteiger partial charge in [-0.15, -0.1) is 0 Å². The van der Waals surface area contributed by atoms with Gasteiger partial charge in [0.2, 0.25) is 0 Å². The highest BCUT2D eigenvalue weighted by Gasteiger charge is 2.08. The van der Waals surface area contributed by atoms with Crippen molar-refractivity contribution in [2.75, 3.05) is 11.1 Å². The molecule has 0 spiro atoms. The number of hydrogen-bond donors (Lipinski definition) is 2. The third-order valence-electron chi connectivity index (χ3n) is 5.32. The van der Waals surface area contributed by atoms with Crippen molar-refractivity contribution in [3.8, 4) is 11.8 Å². The van der Waals surface area contributed by atoms with E-state index in [1.807, 2.05) is 70.2 Å². The quantitative estimate of drug-likeness (QED) is 0.220. The van der Waals surface area contributed by atoms with E-state index in [4.69, 9.17) is 17.3 Å². The fraction of sp³-hybridized carbons (Fsp3) is 0.129. The number of pyridine rings is 1. The number of aliphatic imine (C=N–C) groups is 1. The van der Waals surface area contributed by atoms with Crippen LogP contribution in [0.3, 0.4) is 0 Å². The molecule has 1 amide bonds. The highest BCUT2D eigenvalue weighted by atomic mass is 35.5. The fourth-order valence-corrected chi connectivity index (χ4v) is 3.76. The zero-order valence-electron chi connectivity index (χ0n) is 21.3. The van der Waals surface area contributed by atoms with Crippen molar-refractivity contribution >= 4 is 51.7 Å². The predicted molar refractivity (Wildman–Crippen MR) is 157 cm³/mol. The molecular formula is C31H29ClN4O. The van der Waals surface area contributed by atoms with Crippen LogP contribution in [0.15, 0.2) is 84.0 Å². The summed E-state index contributed by atoms with van der Waals surface area (Å²) in [5, 5.41) is 5.30. The number of nitrogens with two attached hydrogens (primary N) is 1. The molecule has 0 saturated heterocycles. The van der Waals surface area contributed by atoms with Crippen LogP contribution in [0.1, 0.15) is 54.7 Å². The van der Waals surface area contributed by atoms with Crippen molar-refractivity contribution in [1.82, 2.24) is 4.98 Å². The summed E-state index contributed by atoms with van der Waals surface area (Å²) in [6.07, 6.45) is 5.37. The lowest BCUT2D eigenvalue weighted by atomic mass is 10.1. The van der Waals surface area contributed by atoms with Gasteiger partial charge in [0.15, 0.2) is 0 Å². The van der Waals surface area contributed by atoms with Gasteiger partial charge >= 0.3 is 0 Å². The minimum absolute atomic E-state index is 0.209. The zero-order chi connectivity index (χ0) is 26.8. The lowest BCUT2D eigenvalue weighted by molar-refractivity contribution is 0.102. The zero-order valence-corrected chi connectivity index (χ0v) is 22.1. The number of allylic oxidation sites excluding steroid dienone is 1. The summed E-state index contributed by atoms with van der Waals surface area (Å²) in [4.78, 5) is 21.4. The molecule has 0 aliphatic rings. The minimum Gasteiger partial charge on any atom is -0.383 e. The fourth-order valence-electron chi connectivity index (χ4n) is 3.58. The van der Waals surface area contributed by atoms with Crippen molar-refractivity contribution < 1.29 is 4.79 Å². The van der Waals surface area contributed by atoms with Crippen molar-refractivity contribution in [2.45, 2.75) is 27.7 Å². The van der Waals surface area contributed by atoms with Gasteiger partial charge in [-0.1, -0.05) is 61.6 Å². The summed E-state index contributed by atoms with van der Waals surface area (Å²) in [5.41, 5.74) is 10.4. The molecule has 4 aromatic rings. The number of aromatic nitrogens is 1. The first kappa shape index (κ1) is 27.2. The molecule has 1 heterocycles. The Hall–Kier alpha value is -4.40. The van der Waals surface area contributed by atoms with E-state index in [-0.39, 0.29) is 5.91 Å². The van der Waals surface area contributed by atoms with Gasteiger partial charge < -0.3 is 11.1 Å². The topological polar surface area (TPSA) is 80.4 Å². The van der Waals surface area contributed by atoms with Crippen LogP contribution in [-0.4, -0.2) is 17.1 Å². The van der Waals surface area contributed by atoms with Crippen LogP contribution >= 0.6 is 11.6 Å². The van der Waals surface area contributed by atoms with Gasteiger partial charge in [-0.05, 0) is 62.4 Å². The molecule has 0 atom stereocenters. The summed E-state index contributed by atoms with van der Waals surface area (Å²) in [5.74, 6) is 6.35. The number of carbonyl (C=O) groups excluding carboxylic acids is 1. The van der Waals surface area contributed by atoms with Crippen LogP contribution in [-0.2, 0) is 0 Å². The molecule has 0 aliphatic heterocycles. The number of rotatable bonds is 4. The predicted octanol–water partition coefficient (Wildman–Crippen LogP) is 7.60. The number of nitrogens with zero attached hydrogens (tertiary/aromatic N) is 2. The van der Waals surface area contributed by atoms with Gasteiger partial charge in [-0.3, -0.25) is 9.79 Å². The van der Waals surface area contributed by atoms with Gasteiger partial charge in [0.25, 0.3) is 5.91 Å². The molecular weight excluding hydrogens is 480 g/mol. The van der Waals surface area contributed by atoms with E-state index in [1.165, 1.54) is 0 Å². The lowest BCUT2D eigenvalue weighted by Gasteiger charge is -2.08. The second-order valence-corrected chi connectivity index (χ2v) is 8.11. The molecule has 4 rings (SSSR count). The first-order chi connectivity index (χ1) is 18.0. The number of amides is 1. The first-order valence-corrected chi connectivity index (χ1v) is 12.4. The number of nitrogens with one attached hydrogen (secondary N) is 1. The molecule has 1 aromatic heterocycles. The molecule has 0 aliphatic carbocycles. The average molecular weight is 509 g/mol. The van der Waals surface area contributed by atoms with Crippen LogP contribution in [0, 0.1) is 11.8 Å². The molecule has 6 heteroatoms. The Morgan fingerprint density at radius 3 is 2.46 bits per heavy atom. The Balaban J connectivity index is 0.00000186. The molecule has 0 radical (unpaired) electrons. The van der Waals surface area contributed by atoms with E-state index < -0.39 is 0 Å². The van der Waals surface area contributed by atoms with Crippen molar-refractivity contribution in [3.63, 3.8) is 0 Å². The Morgan fingerprint density at radius 2 is 1.76 bits per heavy atom. The van der Waals surface area contributed by atoms with Gasteiger partial charge in [0.1, 0.15) is 5.82 Å². The number of fused-ring (bicyclic) bond motifs is 1. The largest absolute Gasteiger partial charge is 0.383 e. The second-order valence-electron chi connectivity index (χ2n) is 7.67. The monoisotopic (exact) mass is 508 g/mol. The molecule has 3 aromatic carbocycles. The smallest absolute Gasteiger partial charge is 0.255 e. The van der Waals surface area contributed by atoms with E-state index in [0.717, 1.165) is 27.6 Å². The summed E-state index contributed by atoms with van der Waals surface area (Å²) >= 11 is 6.15. The maximum absolute atomic E-state index is 12.8. The number of carbonyl (C=O) groups is 1. The Kier molecular flexibility index (Phi) is 9.60. The van der Waals surface area contributed by atoms with E-state index in [9.17, 15) is 4.79 Å². The van der Waals surface area contributed by atoms with Crippen LogP contribution in [0.2, 0.25) is 5.02 Å². The van der Waals surface area contributed by atoms with Gasteiger partial charge in [0, 0.05) is 50.6 Å². The molecule has 3 N–H and O–H groups in total. The van der Waals surface area contributed by atoms with Crippen molar-refractivity contribution in [1.29, 1.82) is 0 Å². The molecule has 0 unspecified atom stereocenters. The molecule has 0 saturated carbocycles. The highest BCUT2D eigenvalue weighted by molar-refractivity contribution is 6.31. The van der Waals surface area contributed by atoms with Crippen LogP contribution in [0.25, 0.3) is 16.5 Å². The van der Waals surface area contributed by atoms with Crippen LogP contribution in [0.5, 0.6) is 0 Å². The van der Waals surface area contributed by atoms with Crippen LogP contribution in [0.4, 0.5) is 11.5 Å².